The molecule has 55 heavy (non-hydrogen) atoms. The Kier molecular flexibility index (Phi) is 9.42. The van der Waals surface area contributed by atoms with Crippen LogP contribution < -0.4 is 20.1 Å². The Morgan fingerprint density at radius 1 is 1.09 bits per heavy atom. The molecule has 0 bridgehead atoms. The molecule has 296 valence electrons. The number of aryl methyl sites for hydroxylation is 2. The Morgan fingerprint density at radius 3 is 2.62 bits per heavy atom. The lowest BCUT2D eigenvalue weighted by atomic mass is 9.87. The second kappa shape index (κ2) is 13.6. The summed E-state index contributed by atoms with van der Waals surface area (Å²) in [7, 11) is -3.98. The van der Waals surface area contributed by atoms with Gasteiger partial charge in [0.25, 0.3) is 5.91 Å². The second-order valence-electron chi connectivity index (χ2n) is 17.4. The molecule has 15 heteroatoms. The number of rotatable bonds is 6. The van der Waals surface area contributed by atoms with E-state index in [1.807, 2.05) is 38.1 Å². The van der Waals surface area contributed by atoms with E-state index in [0.717, 1.165) is 42.1 Å². The van der Waals surface area contributed by atoms with Crippen LogP contribution in [0.5, 0.6) is 5.75 Å². The summed E-state index contributed by atoms with van der Waals surface area (Å²) < 4.78 is 40.1. The molecule has 1 aromatic carbocycles. The minimum atomic E-state index is -3.98. The standard InChI is InChI=1S/C40H50ClN5O8S/c1-24-32-27(28-19-26(41)11-12-29(28)42-24)13-14-39(54-32)21-31-33(47)44-40(35(49)45-55(51,52)38(3)17-18-38)20-25(40)9-7-5-4-6-8-10-30(34(48)46(31)22-39)43-36(50)53-23-37(2)15-16-37/h7,9,11-12,19,25,30-31H,4-6,8,10,13-18,20-23H2,1-3H3,(H,43,50)(H,44,47)(H,45,49)/b9-7-/t25-,30-,31-,39+,40+/m0/s1. The predicted molar refractivity (Wildman–Crippen MR) is 205 cm³/mol. The normalized spacial score (nSPS) is 31.3. The average Bonchev–Trinajstić information content (AvgIpc) is 4.10. The molecule has 1 aromatic heterocycles. The largest absolute Gasteiger partial charge is 0.483 e. The van der Waals surface area contributed by atoms with Crippen LogP contribution in [0, 0.1) is 18.3 Å². The highest BCUT2D eigenvalue weighted by molar-refractivity contribution is 7.91. The summed E-state index contributed by atoms with van der Waals surface area (Å²) in [4.78, 5) is 62.7. The summed E-state index contributed by atoms with van der Waals surface area (Å²) in [6.45, 7) is 5.82. The van der Waals surface area contributed by atoms with Crippen LogP contribution in [-0.2, 0) is 35.6 Å². The molecule has 3 aliphatic heterocycles. The first kappa shape index (κ1) is 38.0. The number of aromatic nitrogens is 1. The molecule has 0 unspecified atom stereocenters. The minimum Gasteiger partial charge on any atom is -0.483 e. The predicted octanol–water partition coefficient (Wildman–Crippen LogP) is 5.15. The van der Waals surface area contributed by atoms with E-state index in [1.165, 1.54) is 4.90 Å². The van der Waals surface area contributed by atoms with E-state index in [1.54, 1.807) is 13.0 Å². The van der Waals surface area contributed by atoms with Gasteiger partial charge in [-0.3, -0.25) is 19.1 Å². The zero-order valence-corrected chi connectivity index (χ0v) is 33.2. The van der Waals surface area contributed by atoms with Crippen LogP contribution in [0.3, 0.4) is 0 Å². The number of hydrogen-bond donors (Lipinski definition) is 3. The number of nitrogens with one attached hydrogen (secondary N) is 3. The van der Waals surface area contributed by atoms with Gasteiger partial charge in [-0.05, 0) is 96.3 Å². The van der Waals surface area contributed by atoms with Crippen molar-refractivity contribution in [1.82, 2.24) is 25.2 Å². The fourth-order valence-corrected chi connectivity index (χ4v) is 9.93. The maximum Gasteiger partial charge on any atom is 0.407 e. The van der Waals surface area contributed by atoms with E-state index in [4.69, 9.17) is 26.1 Å². The number of amides is 4. The van der Waals surface area contributed by atoms with Crippen molar-refractivity contribution in [2.24, 2.45) is 11.3 Å². The smallest absolute Gasteiger partial charge is 0.407 e. The molecular weight excluding hydrogens is 746 g/mol. The van der Waals surface area contributed by atoms with Crippen molar-refractivity contribution < 1.29 is 37.1 Å². The van der Waals surface area contributed by atoms with Crippen LogP contribution in [-0.4, -0.2) is 83.2 Å². The van der Waals surface area contributed by atoms with Gasteiger partial charge < -0.3 is 25.0 Å². The van der Waals surface area contributed by atoms with Crippen LogP contribution in [0.4, 0.5) is 4.79 Å². The number of carbonyl (C=O) groups is 4. The van der Waals surface area contributed by atoms with Gasteiger partial charge in [0.05, 0.1) is 29.1 Å². The number of nitrogens with zero attached hydrogens (tertiary/aromatic N) is 2. The fourth-order valence-electron chi connectivity index (χ4n) is 8.45. The number of allylic oxidation sites excluding steroid dienone is 1. The zero-order valence-electron chi connectivity index (χ0n) is 31.7. The van der Waals surface area contributed by atoms with Crippen molar-refractivity contribution in [3.05, 3.63) is 46.6 Å². The third kappa shape index (κ3) is 7.29. The average molecular weight is 796 g/mol. The number of halogens is 1. The van der Waals surface area contributed by atoms with E-state index in [-0.39, 0.29) is 31.4 Å². The zero-order chi connectivity index (χ0) is 39.0. The Balaban J connectivity index is 1.12. The van der Waals surface area contributed by atoms with Crippen molar-refractivity contribution >= 4 is 56.3 Å². The van der Waals surface area contributed by atoms with Gasteiger partial charge in [-0.2, -0.15) is 0 Å². The van der Waals surface area contributed by atoms with Gasteiger partial charge >= 0.3 is 6.09 Å². The highest BCUT2D eigenvalue weighted by Gasteiger charge is 2.64. The third-order valence-corrected chi connectivity index (χ3v) is 15.3. The first-order chi connectivity index (χ1) is 26.0. The van der Waals surface area contributed by atoms with Gasteiger partial charge in [0.1, 0.15) is 29.0 Å². The lowest BCUT2D eigenvalue weighted by molar-refractivity contribution is -0.141. The topological polar surface area (TPSA) is 173 Å². The van der Waals surface area contributed by atoms with Crippen molar-refractivity contribution in [2.75, 3.05) is 13.2 Å². The highest BCUT2D eigenvalue weighted by atomic mass is 35.5. The van der Waals surface area contributed by atoms with Gasteiger partial charge in [-0.15, -0.1) is 0 Å². The fraction of sp³-hybridized carbons (Fsp3) is 0.625. The Labute approximate surface area is 326 Å². The van der Waals surface area contributed by atoms with E-state index in [0.29, 0.717) is 61.4 Å². The number of ether oxygens (including phenoxy) is 2. The molecule has 8 rings (SSSR count). The van der Waals surface area contributed by atoms with Gasteiger partial charge in [0.2, 0.25) is 21.8 Å². The molecule has 6 aliphatic rings. The molecule has 4 amide bonds. The maximum absolute atomic E-state index is 14.7. The van der Waals surface area contributed by atoms with Crippen molar-refractivity contribution in [3.63, 3.8) is 0 Å². The first-order valence-electron chi connectivity index (χ1n) is 19.6. The van der Waals surface area contributed by atoms with Crippen LogP contribution in [0.1, 0.15) is 102 Å². The summed E-state index contributed by atoms with van der Waals surface area (Å²) in [6.07, 6.45) is 10.7. The van der Waals surface area contributed by atoms with Crippen LogP contribution in [0.25, 0.3) is 10.9 Å². The Bertz CT molecular complexity index is 2100. The lowest BCUT2D eigenvalue weighted by Crippen LogP contribution is -2.58. The molecule has 3 aliphatic carbocycles. The van der Waals surface area contributed by atoms with Crippen LogP contribution >= 0.6 is 11.6 Å². The summed E-state index contributed by atoms with van der Waals surface area (Å²) in [6, 6.07) is 3.48. The van der Waals surface area contributed by atoms with Gasteiger partial charge in [-0.1, -0.05) is 43.5 Å². The number of pyridine rings is 1. The van der Waals surface area contributed by atoms with Crippen LogP contribution in [0.15, 0.2) is 30.4 Å². The van der Waals surface area contributed by atoms with Crippen molar-refractivity contribution in [2.45, 2.75) is 132 Å². The Morgan fingerprint density at radius 2 is 1.87 bits per heavy atom. The number of alkyl carbamates (subject to hydrolysis) is 1. The van der Waals surface area contributed by atoms with E-state index >= 15 is 0 Å². The molecule has 2 aromatic rings. The van der Waals surface area contributed by atoms with Crippen molar-refractivity contribution in [3.8, 4) is 5.75 Å². The SMILES string of the molecule is Cc1nc2ccc(Cl)cc2c2c1O[C@]1(CC2)C[C@H]2C(=O)N[C@]3(C(=O)NS(=O)(=O)C4(C)CC4)C[C@@H]3/C=C\CCCCC[C@H](NC(=O)OCC3(C)CC3)C(=O)N2C1. The molecule has 4 heterocycles. The van der Waals surface area contributed by atoms with Gasteiger partial charge in [0, 0.05) is 33.7 Å². The third-order valence-electron chi connectivity index (χ3n) is 12.9. The molecule has 4 fully saturated rings. The highest BCUT2D eigenvalue weighted by Crippen LogP contribution is 2.49. The maximum atomic E-state index is 14.7. The number of fused-ring (bicyclic) bond motifs is 5. The first-order valence-corrected chi connectivity index (χ1v) is 21.5. The lowest BCUT2D eigenvalue weighted by Gasteiger charge is -2.36. The summed E-state index contributed by atoms with van der Waals surface area (Å²) in [5, 5.41) is 7.23. The molecule has 3 saturated carbocycles. The summed E-state index contributed by atoms with van der Waals surface area (Å²) in [5.41, 5.74) is -0.114. The quantitative estimate of drug-likeness (QED) is 0.335. The van der Waals surface area contributed by atoms with Crippen molar-refractivity contribution in [1.29, 1.82) is 0 Å². The number of hydrogen-bond acceptors (Lipinski definition) is 9. The molecule has 0 radical (unpaired) electrons. The number of benzene rings is 1. The Hall–Kier alpha value is -3.91. The summed E-state index contributed by atoms with van der Waals surface area (Å²) >= 11 is 6.39. The van der Waals surface area contributed by atoms with E-state index < -0.39 is 67.7 Å². The monoisotopic (exact) mass is 795 g/mol. The van der Waals surface area contributed by atoms with Gasteiger partial charge in [-0.25, -0.2) is 18.2 Å². The van der Waals surface area contributed by atoms with E-state index in [2.05, 4.69) is 15.4 Å². The number of carbonyl (C=O) groups excluding carboxylic acids is 4. The minimum absolute atomic E-state index is 0.0436. The molecule has 5 atom stereocenters. The van der Waals surface area contributed by atoms with Gasteiger partial charge in [0.15, 0.2) is 0 Å². The molecular formula is C40H50ClN5O8S. The molecule has 1 spiro atoms. The summed E-state index contributed by atoms with van der Waals surface area (Å²) in [5.74, 6) is -1.64. The second-order valence-corrected chi connectivity index (χ2v) is 20.1. The number of sulfonamides is 1. The molecule has 3 N–H and O–H groups in total. The molecule has 13 nitrogen and oxygen atoms in total. The van der Waals surface area contributed by atoms with Crippen LogP contribution in [0.2, 0.25) is 5.02 Å². The van der Waals surface area contributed by atoms with E-state index in [9.17, 15) is 27.6 Å². The molecule has 1 saturated heterocycles.